The highest BCUT2D eigenvalue weighted by molar-refractivity contribution is 5.97. The molecule has 2 N–H and O–H groups in total. The second kappa shape index (κ2) is 12.6. The summed E-state index contributed by atoms with van der Waals surface area (Å²) in [6.07, 6.45) is 1.39. The van der Waals surface area contributed by atoms with Crippen LogP contribution in [0.25, 0.3) is 0 Å². The number of amides is 2. The standard InChI is InChI=1S/C26H25N3O7/c1-33-20-10-7-18(8-11-20)26(32)36-21-6-4-5-17(13-21)15-28-29-24(30)16-27-25(31)19-9-12-22(34-2)23(14-19)35-3/h4-15H,16H2,1-3H3,(H,27,31)(H,29,30)/b28-15-. The Balaban J connectivity index is 1.50. The van der Waals surface area contributed by atoms with E-state index in [0.717, 1.165) is 0 Å². The molecule has 0 heterocycles. The van der Waals surface area contributed by atoms with Gasteiger partial charge in [0.05, 0.1) is 39.7 Å². The maximum Gasteiger partial charge on any atom is 0.343 e. The zero-order valence-corrected chi connectivity index (χ0v) is 19.9. The summed E-state index contributed by atoms with van der Waals surface area (Å²) in [5.74, 6) is 0.325. The lowest BCUT2D eigenvalue weighted by atomic mass is 10.2. The molecule has 0 radical (unpaired) electrons. The number of methoxy groups -OCH3 is 3. The number of benzene rings is 3. The number of esters is 1. The lowest BCUT2D eigenvalue weighted by Gasteiger charge is -2.09. The van der Waals surface area contributed by atoms with Crippen molar-refractivity contribution in [2.24, 2.45) is 5.10 Å². The molecule has 3 rings (SSSR count). The normalized spacial score (nSPS) is 10.4. The summed E-state index contributed by atoms with van der Waals surface area (Å²) in [5.41, 5.74) is 3.60. The monoisotopic (exact) mass is 491 g/mol. The van der Waals surface area contributed by atoms with Gasteiger partial charge in [0.25, 0.3) is 11.8 Å². The van der Waals surface area contributed by atoms with Crippen LogP contribution in [-0.4, -0.2) is 51.9 Å². The number of ether oxygens (including phenoxy) is 4. The van der Waals surface area contributed by atoms with Crippen LogP contribution in [-0.2, 0) is 4.79 Å². The number of carbonyl (C=O) groups excluding carboxylic acids is 3. The van der Waals surface area contributed by atoms with E-state index in [1.165, 1.54) is 26.5 Å². The molecule has 0 unspecified atom stereocenters. The molecule has 0 aliphatic carbocycles. The van der Waals surface area contributed by atoms with Crippen LogP contribution in [0, 0.1) is 0 Å². The Morgan fingerprint density at radius 3 is 2.22 bits per heavy atom. The van der Waals surface area contributed by atoms with Gasteiger partial charge >= 0.3 is 5.97 Å². The van der Waals surface area contributed by atoms with Crippen LogP contribution in [0.4, 0.5) is 0 Å². The number of hydrogen-bond donors (Lipinski definition) is 2. The van der Waals surface area contributed by atoms with Crippen LogP contribution >= 0.6 is 0 Å². The molecular weight excluding hydrogens is 466 g/mol. The first-order chi connectivity index (χ1) is 17.4. The number of nitrogens with one attached hydrogen (secondary N) is 2. The molecule has 10 heteroatoms. The third-order valence-corrected chi connectivity index (χ3v) is 4.85. The predicted molar refractivity (Wildman–Crippen MR) is 132 cm³/mol. The lowest BCUT2D eigenvalue weighted by Crippen LogP contribution is -2.34. The molecular formula is C26H25N3O7. The molecule has 36 heavy (non-hydrogen) atoms. The van der Waals surface area contributed by atoms with Crippen molar-refractivity contribution >= 4 is 24.0 Å². The molecule has 0 bridgehead atoms. The SMILES string of the molecule is COc1ccc(C(=O)Oc2cccc(/C=N\NC(=O)CNC(=O)c3ccc(OC)c(OC)c3)c2)cc1. The van der Waals surface area contributed by atoms with Crippen molar-refractivity contribution in [3.05, 3.63) is 83.4 Å². The average Bonchev–Trinajstić information content (AvgIpc) is 2.91. The number of hydrazone groups is 1. The number of carbonyl (C=O) groups is 3. The van der Waals surface area contributed by atoms with Crippen LogP contribution < -0.4 is 29.7 Å². The minimum absolute atomic E-state index is 0.288. The van der Waals surface area contributed by atoms with Gasteiger partial charge in [0, 0.05) is 5.56 Å². The van der Waals surface area contributed by atoms with Gasteiger partial charge in [0.15, 0.2) is 11.5 Å². The molecule has 0 atom stereocenters. The molecule has 0 aromatic heterocycles. The quantitative estimate of drug-likeness (QED) is 0.193. The number of rotatable bonds is 10. The van der Waals surface area contributed by atoms with E-state index in [1.807, 2.05) is 0 Å². The fourth-order valence-electron chi connectivity index (χ4n) is 3.01. The molecule has 3 aromatic carbocycles. The van der Waals surface area contributed by atoms with Crippen LogP contribution in [0.15, 0.2) is 71.8 Å². The smallest absolute Gasteiger partial charge is 0.343 e. The van der Waals surface area contributed by atoms with Crippen LogP contribution in [0.2, 0.25) is 0 Å². The third-order valence-electron chi connectivity index (χ3n) is 4.85. The number of hydrogen-bond acceptors (Lipinski definition) is 8. The summed E-state index contributed by atoms with van der Waals surface area (Å²) in [4.78, 5) is 36.7. The summed E-state index contributed by atoms with van der Waals surface area (Å²) in [6, 6.07) is 17.8. The van der Waals surface area contributed by atoms with Gasteiger partial charge in [-0.05, 0) is 60.2 Å². The van der Waals surface area contributed by atoms with E-state index in [0.29, 0.717) is 39.7 Å². The van der Waals surface area contributed by atoms with Crippen molar-refractivity contribution in [2.75, 3.05) is 27.9 Å². The van der Waals surface area contributed by atoms with Crippen molar-refractivity contribution < 1.29 is 33.3 Å². The van der Waals surface area contributed by atoms with E-state index in [1.54, 1.807) is 67.8 Å². The Labute approximate surface area is 207 Å². The highest BCUT2D eigenvalue weighted by Gasteiger charge is 2.12. The van der Waals surface area contributed by atoms with Gasteiger partial charge in [-0.3, -0.25) is 9.59 Å². The predicted octanol–water partition coefficient (Wildman–Crippen LogP) is 2.81. The van der Waals surface area contributed by atoms with E-state index < -0.39 is 17.8 Å². The van der Waals surface area contributed by atoms with Crippen molar-refractivity contribution in [1.82, 2.24) is 10.7 Å². The van der Waals surface area contributed by atoms with Crippen LogP contribution in [0.5, 0.6) is 23.0 Å². The summed E-state index contributed by atoms with van der Waals surface area (Å²) in [7, 11) is 4.50. The highest BCUT2D eigenvalue weighted by Crippen LogP contribution is 2.27. The van der Waals surface area contributed by atoms with E-state index >= 15 is 0 Å². The molecule has 0 spiro atoms. The van der Waals surface area contributed by atoms with E-state index in [9.17, 15) is 14.4 Å². The fraction of sp³-hybridized carbons (Fsp3) is 0.154. The van der Waals surface area contributed by atoms with Crippen LogP contribution in [0.1, 0.15) is 26.3 Å². The van der Waals surface area contributed by atoms with Gasteiger partial charge in [-0.25, -0.2) is 10.2 Å². The summed E-state index contributed by atoms with van der Waals surface area (Å²) < 4.78 is 20.8. The van der Waals surface area contributed by atoms with Gasteiger partial charge in [0.2, 0.25) is 0 Å². The molecule has 3 aromatic rings. The minimum Gasteiger partial charge on any atom is -0.497 e. The first-order valence-corrected chi connectivity index (χ1v) is 10.7. The second-order valence-electron chi connectivity index (χ2n) is 7.24. The molecule has 0 fully saturated rings. The summed E-state index contributed by atoms with van der Waals surface area (Å²) in [5, 5.41) is 6.38. The largest absolute Gasteiger partial charge is 0.497 e. The molecule has 186 valence electrons. The van der Waals surface area contributed by atoms with Crippen molar-refractivity contribution in [2.45, 2.75) is 0 Å². The van der Waals surface area contributed by atoms with Crippen molar-refractivity contribution in [3.63, 3.8) is 0 Å². The zero-order chi connectivity index (χ0) is 25.9. The van der Waals surface area contributed by atoms with Crippen molar-refractivity contribution in [3.8, 4) is 23.0 Å². The van der Waals surface area contributed by atoms with E-state index in [2.05, 4.69) is 15.8 Å². The Bertz CT molecular complexity index is 1260. The molecule has 0 saturated heterocycles. The molecule has 2 amide bonds. The maximum atomic E-state index is 12.3. The first kappa shape index (κ1) is 25.8. The lowest BCUT2D eigenvalue weighted by molar-refractivity contribution is -0.120. The van der Waals surface area contributed by atoms with Gasteiger partial charge in [-0.2, -0.15) is 5.10 Å². The van der Waals surface area contributed by atoms with Crippen molar-refractivity contribution in [1.29, 1.82) is 0 Å². The van der Waals surface area contributed by atoms with Gasteiger partial charge in [-0.15, -0.1) is 0 Å². The van der Waals surface area contributed by atoms with Gasteiger partial charge < -0.3 is 24.3 Å². The Hall–Kier alpha value is -4.86. The third kappa shape index (κ3) is 7.07. The molecule has 0 aliphatic rings. The maximum absolute atomic E-state index is 12.3. The Morgan fingerprint density at radius 2 is 1.53 bits per heavy atom. The number of nitrogens with zero attached hydrogens (tertiary/aromatic N) is 1. The second-order valence-corrected chi connectivity index (χ2v) is 7.24. The minimum atomic E-state index is -0.526. The first-order valence-electron chi connectivity index (χ1n) is 10.7. The summed E-state index contributed by atoms with van der Waals surface area (Å²) in [6.45, 7) is -0.288. The molecule has 0 saturated carbocycles. The topological polar surface area (TPSA) is 125 Å². The van der Waals surface area contributed by atoms with Crippen LogP contribution in [0.3, 0.4) is 0 Å². The van der Waals surface area contributed by atoms with E-state index in [4.69, 9.17) is 18.9 Å². The summed E-state index contributed by atoms with van der Waals surface area (Å²) >= 11 is 0. The average molecular weight is 492 g/mol. The molecule has 0 aliphatic heterocycles. The van der Waals surface area contributed by atoms with E-state index in [-0.39, 0.29) is 6.54 Å². The Morgan fingerprint density at radius 1 is 0.806 bits per heavy atom. The Kier molecular flexibility index (Phi) is 8.99. The van der Waals surface area contributed by atoms with Gasteiger partial charge in [0.1, 0.15) is 11.5 Å². The highest BCUT2D eigenvalue weighted by atomic mass is 16.5. The zero-order valence-electron chi connectivity index (χ0n) is 19.9. The fourth-order valence-corrected chi connectivity index (χ4v) is 3.01. The molecule has 10 nitrogen and oxygen atoms in total. The van der Waals surface area contributed by atoms with Gasteiger partial charge in [-0.1, -0.05) is 12.1 Å².